The van der Waals surface area contributed by atoms with E-state index in [1.165, 1.54) is 6.07 Å². The second kappa shape index (κ2) is 5.87. The minimum Gasteiger partial charge on any atom is -0.392 e. The van der Waals surface area contributed by atoms with Crippen LogP contribution in [0.3, 0.4) is 0 Å². The molecule has 0 spiro atoms. The van der Waals surface area contributed by atoms with E-state index in [1.54, 1.807) is 31.2 Å². The van der Waals surface area contributed by atoms with Crippen LogP contribution in [0.5, 0.6) is 0 Å². The maximum atomic E-state index is 12.5. The number of aryl methyl sites for hydroxylation is 3. The number of nitrogens with one attached hydrogen (secondary N) is 1. The van der Waals surface area contributed by atoms with Gasteiger partial charge in [0.15, 0.2) is 0 Å². The molecule has 0 radical (unpaired) electrons. The number of anilines is 1. The molecule has 0 aliphatic rings. The van der Waals surface area contributed by atoms with E-state index >= 15 is 0 Å². The molecule has 0 unspecified atom stereocenters. The summed E-state index contributed by atoms with van der Waals surface area (Å²) in [5, 5.41) is 9.17. The highest BCUT2D eigenvalue weighted by atomic mass is 32.2. The average Bonchev–Trinajstić information content (AvgIpc) is 2.37. The number of hydrogen-bond donors (Lipinski definition) is 2. The molecule has 0 fully saturated rings. The Balaban J connectivity index is 2.42. The van der Waals surface area contributed by atoms with Crippen molar-refractivity contribution in [1.29, 1.82) is 0 Å². The SMILES string of the molecule is Cc1cc(C)cc(NS(=O)(=O)c2cc(CO)ccc2C)c1. The normalized spacial score (nSPS) is 11.4. The van der Waals surface area contributed by atoms with Crippen LogP contribution in [-0.4, -0.2) is 13.5 Å². The van der Waals surface area contributed by atoms with Gasteiger partial charge in [-0.3, -0.25) is 4.72 Å². The van der Waals surface area contributed by atoms with E-state index in [1.807, 2.05) is 19.9 Å². The van der Waals surface area contributed by atoms with Crippen LogP contribution in [0.25, 0.3) is 0 Å². The molecule has 5 heteroatoms. The third-order valence-corrected chi connectivity index (χ3v) is 4.72. The monoisotopic (exact) mass is 305 g/mol. The topological polar surface area (TPSA) is 66.4 Å². The smallest absolute Gasteiger partial charge is 0.262 e. The zero-order chi connectivity index (χ0) is 15.6. The largest absolute Gasteiger partial charge is 0.392 e. The number of rotatable bonds is 4. The first-order chi connectivity index (χ1) is 9.81. The summed E-state index contributed by atoms with van der Waals surface area (Å²) in [6.45, 7) is 5.38. The lowest BCUT2D eigenvalue weighted by Gasteiger charge is -2.12. The van der Waals surface area contributed by atoms with E-state index in [4.69, 9.17) is 5.11 Å². The van der Waals surface area contributed by atoms with Crippen molar-refractivity contribution in [3.05, 3.63) is 58.7 Å². The first-order valence-corrected chi connectivity index (χ1v) is 8.11. The quantitative estimate of drug-likeness (QED) is 0.912. The number of hydrogen-bond acceptors (Lipinski definition) is 3. The molecule has 112 valence electrons. The van der Waals surface area contributed by atoms with Gasteiger partial charge in [0.25, 0.3) is 10.0 Å². The van der Waals surface area contributed by atoms with Crippen LogP contribution in [0.2, 0.25) is 0 Å². The van der Waals surface area contributed by atoms with Crippen molar-refractivity contribution in [2.45, 2.75) is 32.3 Å². The summed E-state index contributed by atoms with van der Waals surface area (Å²) in [5.74, 6) is 0. The van der Waals surface area contributed by atoms with Crippen molar-refractivity contribution in [3.63, 3.8) is 0 Å². The second-order valence-corrected chi connectivity index (χ2v) is 6.89. The lowest BCUT2D eigenvalue weighted by atomic mass is 10.1. The molecule has 4 nitrogen and oxygen atoms in total. The van der Waals surface area contributed by atoms with Crippen molar-refractivity contribution < 1.29 is 13.5 Å². The molecule has 0 saturated carbocycles. The van der Waals surface area contributed by atoms with E-state index < -0.39 is 10.0 Å². The predicted octanol–water partition coefficient (Wildman–Crippen LogP) is 2.90. The van der Waals surface area contributed by atoms with Crippen LogP contribution in [0, 0.1) is 20.8 Å². The Morgan fingerprint density at radius 1 is 1.00 bits per heavy atom. The fourth-order valence-electron chi connectivity index (χ4n) is 2.28. The molecule has 0 bridgehead atoms. The van der Waals surface area contributed by atoms with Gasteiger partial charge in [-0.1, -0.05) is 18.2 Å². The molecule has 2 N–H and O–H groups in total. The van der Waals surface area contributed by atoms with Crippen molar-refractivity contribution in [2.75, 3.05) is 4.72 Å². The molecule has 0 heterocycles. The maximum Gasteiger partial charge on any atom is 0.262 e. The molecule has 0 atom stereocenters. The van der Waals surface area contributed by atoms with Crippen molar-refractivity contribution >= 4 is 15.7 Å². The summed E-state index contributed by atoms with van der Waals surface area (Å²) in [4.78, 5) is 0.188. The first-order valence-electron chi connectivity index (χ1n) is 6.63. The number of benzene rings is 2. The van der Waals surface area contributed by atoms with Gasteiger partial charge < -0.3 is 5.11 Å². The van der Waals surface area contributed by atoms with Crippen LogP contribution in [-0.2, 0) is 16.6 Å². The fraction of sp³-hybridized carbons (Fsp3) is 0.250. The standard InChI is InChI=1S/C16H19NO3S/c1-11-6-12(2)8-15(7-11)17-21(19,20)16-9-14(10-18)5-4-13(16)3/h4-9,17-18H,10H2,1-3H3. The van der Waals surface area contributed by atoms with Gasteiger partial charge in [-0.25, -0.2) is 8.42 Å². The molecule has 2 aromatic carbocycles. The van der Waals surface area contributed by atoms with Crippen molar-refractivity contribution in [3.8, 4) is 0 Å². The van der Waals surface area contributed by atoms with Gasteiger partial charge in [0.05, 0.1) is 11.5 Å². The van der Waals surface area contributed by atoms with E-state index in [0.717, 1.165) is 11.1 Å². The minimum atomic E-state index is -3.67. The number of sulfonamides is 1. The highest BCUT2D eigenvalue weighted by molar-refractivity contribution is 7.92. The Morgan fingerprint density at radius 3 is 2.19 bits per heavy atom. The van der Waals surface area contributed by atoms with Gasteiger partial charge in [0.1, 0.15) is 0 Å². The average molecular weight is 305 g/mol. The summed E-state index contributed by atoms with van der Waals surface area (Å²) in [6, 6.07) is 10.5. The van der Waals surface area contributed by atoms with Gasteiger partial charge in [-0.15, -0.1) is 0 Å². The number of aliphatic hydroxyl groups excluding tert-OH is 1. The van der Waals surface area contributed by atoms with Crippen LogP contribution < -0.4 is 4.72 Å². The molecular formula is C16H19NO3S. The third kappa shape index (κ3) is 3.62. The van der Waals surface area contributed by atoms with E-state index in [-0.39, 0.29) is 11.5 Å². The fourth-order valence-corrected chi connectivity index (χ4v) is 3.61. The molecule has 0 aliphatic carbocycles. The Hall–Kier alpha value is -1.85. The predicted molar refractivity (Wildman–Crippen MR) is 83.8 cm³/mol. The molecule has 2 rings (SSSR count). The van der Waals surface area contributed by atoms with Crippen LogP contribution in [0.1, 0.15) is 22.3 Å². The lowest BCUT2D eigenvalue weighted by molar-refractivity contribution is 0.281. The highest BCUT2D eigenvalue weighted by Gasteiger charge is 2.17. The summed E-state index contributed by atoms with van der Waals surface area (Å²) < 4.78 is 27.6. The summed E-state index contributed by atoms with van der Waals surface area (Å²) in [6.07, 6.45) is 0. The molecule has 0 saturated heterocycles. The minimum absolute atomic E-state index is 0.188. The molecule has 0 amide bonds. The Morgan fingerprint density at radius 2 is 1.62 bits per heavy atom. The van der Waals surface area contributed by atoms with Gasteiger partial charge in [0.2, 0.25) is 0 Å². The van der Waals surface area contributed by atoms with Crippen LogP contribution in [0.4, 0.5) is 5.69 Å². The summed E-state index contributed by atoms with van der Waals surface area (Å²) >= 11 is 0. The summed E-state index contributed by atoms with van der Waals surface area (Å²) in [5.41, 5.74) is 3.74. The molecule has 2 aromatic rings. The van der Waals surface area contributed by atoms with Crippen LogP contribution >= 0.6 is 0 Å². The lowest BCUT2D eigenvalue weighted by Crippen LogP contribution is -2.15. The zero-order valence-electron chi connectivity index (χ0n) is 12.3. The molecular weight excluding hydrogens is 286 g/mol. The Kier molecular flexibility index (Phi) is 4.34. The summed E-state index contributed by atoms with van der Waals surface area (Å²) in [7, 11) is -3.67. The Labute approximate surface area is 125 Å². The third-order valence-electron chi connectivity index (χ3n) is 3.20. The van der Waals surface area contributed by atoms with Crippen LogP contribution in [0.15, 0.2) is 41.3 Å². The highest BCUT2D eigenvalue weighted by Crippen LogP contribution is 2.22. The van der Waals surface area contributed by atoms with Gasteiger partial charge >= 0.3 is 0 Å². The van der Waals surface area contributed by atoms with Gasteiger partial charge in [-0.05, 0) is 61.2 Å². The second-order valence-electron chi connectivity index (χ2n) is 5.24. The Bertz CT molecular complexity index is 747. The van der Waals surface area contributed by atoms with Crippen molar-refractivity contribution in [1.82, 2.24) is 0 Å². The van der Waals surface area contributed by atoms with E-state index in [9.17, 15) is 8.42 Å². The molecule has 0 aromatic heterocycles. The van der Waals surface area contributed by atoms with E-state index in [2.05, 4.69) is 4.72 Å². The zero-order valence-corrected chi connectivity index (χ0v) is 13.2. The first kappa shape index (κ1) is 15.5. The molecule has 0 aliphatic heterocycles. The maximum absolute atomic E-state index is 12.5. The van der Waals surface area contributed by atoms with E-state index in [0.29, 0.717) is 16.8 Å². The van der Waals surface area contributed by atoms with Crippen molar-refractivity contribution in [2.24, 2.45) is 0 Å². The molecule has 21 heavy (non-hydrogen) atoms. The van der Waals surface area contributed by atoms with Gasteiger partial charge in [-0.2, -0.15) is 0 Å². The van der Waals surface area contributed by atoms with Gasteiger partial charge in [0, 0.05) is 5.69 Å². The number of aliphatic hydroxyl groups is 1.